The molecule has 0 amide bonds. The maximum atomic E-state index is 6.69. The molecule has 13 aromatic rings. The second-order valence-corrected chi connectivity index (χ2v) is 16.3. The first-order valence-corrected chi connectivity index (χ1v) is 21.6. The molecule has 0 aliphatic rings. The molecule has 0 saturated heterocycles. The van der Waals surface area contributed by atoms with E-state index in [0.717, 1.165) is 88.4 Å². The molecule has 0 unspecified atom stereocenters. The zero-order valence-electron chi connectivity index (χ0n) is 34.5. The molecule has 0 aliphatic heterocycles. The number of fused-ring (bicyclic) bond motifs is 8. The van der Waals surface area contributed by atoms with Crippen molar-refractivity contribution in [3.05, 3.63) is 218 Å². The van der Waals surface area contributed by atoms with Crippen LogP contribution in [0.3, 0.4) is 0 Å². The van der Waals surface area contributed by atoms with Crippen molar-refractivity contribution in [2.45, 2.75) is 0 Å². The van der Waals surface area contributed by atoms with Crippen LogP contribution in [0.4, 0.5) is 0 Å². The van der Waals surface area contributed by atoms with Crippen molar-refractivity contribution in [2.24, 2.45) is 0 Å². The minimum absolute atomic E-state index is 0.585. The van der Waals surface area contributed by atoms with Crippen LogP contribution in [0.15, 0.2) is 223 Å². The maximum Gasteiger partial charge on any atom is 0.164 e. The topological polar surface area (TPSA) is 56.7 Å². The fraction of sp³-hybridized carbons (Fsp3) is 0. The summed E-state index contributed by atoms with van der Waals surface area (Å²) in [7, 11) is 0. The second-order valence-electron chi connectivity index (χ2n) is 16.3. The van der Waals surface area contributed by atoms with Gasteiger partial charge in [-0.25, -0.2) is 15.0 Å². The van der Waals surface area contributed by atoms with Crippen molar-refractivity contribution >= 4 is 65.3 Å². The Bertz CT molecular complexity index is 3960. The van der Waals surface area contributed by atoms with Crippen LogP contribution in [0, 0.1) is 0 Å². The molecule has 0 atom stereocenters. The highest BCUT2D eigenvalue weighted by Crippen LogP contribution is 2.46. The third-order valence-electron chi connectivity index (χ3n) is 12.6. The summed E-state index contributed by atoms with van der Waals surface area (Å²) in [6, 6.07) is 76.9. The molecule has 5 heteroatoms. The summed E-state index contributed by atoms with van der Waals surface area (Å²) < 4.78 is 9.14. The van der Waals surface area contributed by atoms with Gasteiger partial charge in [-0.1, -0.05) is 170 Å². The van der Waals surface area contributed by atoms with Crippen LogP contribution in [-0.2, 0) is 0 Å². The third kappa shape index (κ3) is 5.75. The normalized spacial score (nSPS) is 11.8. The van der Waals surface area contributed by atoms with Gasteiger partial charge in [0.1, 0.15) is 11.2 Å². The van der Waals surface area contributed by atoms with Crippen LogP contribution in [-0.4, -0.2) is 19.5 Å². The maximum absolute atomic E-state index is 6.69. The SMILES string of the molecule is c1ccc(-c2nc(-c3ccc(-n4c5ccccc5c5cc6ccccc6cc54)c(-c4c5ccccc5cc5oc6ccccc6c45)c3)nc(-c3ccccc3-c3ccccc3)n2)cc1. The number of benzene rings is 10. The molecule has 0 saturated carbocycles. The van der Waals surface area contributed by atoms with Gasteiger partial charge in [-0.3, -0.25) is 0 Å². The Morgan fingerprint density at radius 2 is 0.922 bits per heavy atom. The summed E-state index contributed by atoms with van der Waals surface area (Å²) in [6.45, 7) is 0. The summed E-state index contributed by atoms with van der Waals surface area (Å²) in [5, 5.41) is 9.15. The zero-order chi connectivity index (χ0) is 42.1. The van der Waals surface area contributed by atoms with Crippen molar-refractivity contribution in [1.29, 1.82) is 0 Å². The van der Waals surface area contributed by atoms with Gasteiger partial charge >= 0.3 is 0 Å². The Morgan fingerprint density at radius 1 is 0.328 bits per heavy atom. The van der Waals surface area contributed by atoms with Gasteiger partial charge in [-0.15, -0.1) is 0 Å². The molecule has 5 nitrogen and oxygen atoms in total. The molecule has 3 heterocycles. The number of nitrogens with zero attached hydrogens (tertiary/aromatic N) is 4. The van der Waals surface area contributed by atoms with E-state index in [1.54, 1.807) is 0 Å². The molecule has 13 rings (SSSR count). The van der Waals surface area contributed by atoms with E-state index in [-0.39, 0.29) is 0 Å². The lowest BCUT2D eigenvalue weighted by Crippen LogP contribution is -2.03. The smallest absolute Gasteiger partial charge is 0.164 e. The van der Waals surface area contributed by atoms with E-state index in [2.05, 4.69) is 193 Å². The molecule has 0 radical (unpaired) electrons. The molecule has 0 spiro atoms. The van der Waals surface area contributed by atoms with Gasteiger partial charge in [0.05, 0.1) is 16.7 Å². The Morgan fingerprint density at radius 3 is 1.72 bits per heavy atom. The van der Waals surface area contributed by atoms with Gasteiger partial charge in [0.25, 0.3) is 0 Å². The summed E-state index contributed by atoms with van der Waals surface area (Å²) in [6.07, 6.45) is 0. The number of rotatable bonds is 6. The molecular weight excluding hydrogens is 781 g/mol. The number of hydrogen-bond acceptors (Lipinski definition) is 4. The largest absolute Gasteiger partial charge is 0.456 e. The lowest BCUT2D eigenvalue weighted by molar-refractivity contribution is 0.669. The molecule has 0 aliphatic carbocycles. The Kier molecular flexibility index (Phi) is 8.15. The van der Waals surface area contributed by atoms with Crippen LogP contribution in [0.2, 0.25) is 0 Å². The summed E-state index contributed by atoms with van der Waals surface area (Å²) in [5.41, 5.74) is 12.0. The standard InChI is InChI=1S/C59H36N4O/c1-3-17-37(18-4-1)43-24-11-12-27-46(43)59-61-57(38-19-5-2-6-20-38)60-58(62-59)42-31-32-51(63-50-29-15-13-26-45(50)48-33-39-21-7-8-22-40(39)35-52(48)63)49(34-42)55-44-25-10-9-23-41(44)36-54-56(55)47-28-14-16-30-53(47)64-54/h1-36H. The van der Waals surface area contributed by atoms with E-state index in [9.17, 15) is 0 Å². The lowest BCUT2D eigenvalue weighted by atomic mass is 9.91. The Labute approximate surface area is 368 Å². The van der Waals surface area contributed by atoms with Crippen molar-refractivity contribution in [3.63, 3.8) is 0 Å². The van der Waals surface area contributed by atoms with Crippen LogP contribution in [0.25, 0.3) is 127 Å². The minimum atomic E-state index is 0.585. The van der Waals surface area contributed by atoms with Gasteiger partial charge in [0.2, 0.25) is 0 Å². The van der Waals surface area contributed by atoms with Crippen molar-refractivity contribution in [2.75, 3.05) is 0 Å². The first kappa shape index (κ1) is 36.0. The minimum Gasteiger partial charge on any atom is -0.456 e. The average molecular weight is 817 g/mol. The molecule has 0 fully saturated rings. The van der Waals surface area contributed by atoms with Crippen LogP contribution in [0.1, 0.15) is 0 Å². The predicted octanol–water partition coefficient (Wildman–Crippen LogP) is 15.5. The first-order valence-electron chi connectivity index (χ1n) is 21.6. The first-order chi connectivity index (χ1) is 31.7. The second kappa shape index (κ2) is 14.5. The van der Waals surface area contributed by atoms with Crippen LogP contribution in [0.5, 0.6) is 0 Å². The van der Waals surface area contributed by atoms with Gasteiger partial charge in [0, 0.05) is 49.4 Å². The van der Waals surface area contributed by atoms with E-state index < -0.39 is 0 Å². The van der Waals surface area contributed by atoms with Crippen molar-refractivity contribution in [1.82, 2.24) is 19.5 Å². The fourth-order valence-electron chi connectivity index (χ4n) is 9.70. The van der Waals surface area contributed by atoms with E-state index in [1.165, 1.54) is 21.5 Å². The third-order valence-corrected chi connectivity index (χ3v) is 12.6. The quantitative estimate of drug-likeness (QED) is 0.168. The van der Waals surface area contributed by atoms with E-state index in [4.69, 9.17) is 19.4 Å². The molecule has 64 heavy (non-hydrogen) atoms. The molecular formula is C59H36N4O. The highest BCUT2D eigenvalue weighted by atomic mass is 16.3. The molecule has 0 N–H and O–H groups in total. The highest BCUT2D eigenvalue weighted by Gasteiger charge is 2.24. The van der Waals surface area contributed by atoms with Gasteiger partial charge in [-0.2, -0.15) is 0 Å². The Hall–Kier alpha value is -8.67. The highest BCUT2D eigenvalue weighted by molar-refractivity contribution is 6.22. The number of aromatic nitrogens is 4. The van der Waals surface area contributed by atoms with E-state index in [1.807, 2.05) is 30.3 Å². The van der Waals surface area contributed by atoms with Crippen LogP contribution >= 0.6 is 0 Å². The number of para-hydroxylation sites is 2. The summed E-state index contributed by atoms with van der Waals surface area (Å²) >= 11 is 0. The van der Waals surface area contributed by atoms with Crippen LogP contribution < -0.4 is 0 Å². The Balaban J connectivity index is 1.15. The number of furan rings is 1. The molecule has 3 aromatic heterocycles. The molecule has 10 aromatic carbocycles. The fourth-order valence-corrected chi connectivity index (χ4v) is 9.70. The van der Waals surface area contributed by atoms with Gasteiger partial charge < -0.3 is 8.98 Å². The van der Waals surface area contributed by atoms with E-state index in [0.29, 0.717) is 17.5 Å². The lowest BCUT2D eigenvalue weighted by Gasteiger charge is -2.18. The average Bonchev–Trinajstić information content (AvgIpc) is 3.90. The van der Waals surface area contributed by atoms with E-state index >= 15 is 0 Å². The van der Waals surface area contributed by atoms with Gasteiger partial charge in [0.15, 0.2) is 17.5 Å². The van der Waals surface area contributed by atoms with Gasteiger partial charge in [-0.05, 0) is 81.2 Å². The predicted molar refractivity (Wildman–Crippen MR) is 264 cm³/mol. The molecule has 0 bridgehead atoms. The van der Waals surface area contributed by atoms with Crippen molar-refractivity contribution < 1.29 is 4.42 Å². The summed E-state index contributed by atoms with van der Waals surface area (Å²) in [4.78, 5) is 15.8. The monoisotopic (exact) mass is 816 g/mol. The van der Waals surface area contributed by atoms with Crippen molar-refractivity contribution in [3.8, 4) is 62.1 Å². The summed E-state index contributed by atoms with van der Waals surface area (Å²) in [5.74, 6) is 1.80. The number of hydrogen-bond donors (Lipinski definition) is 0. The molecule has 298 valence electrons. The zero-order valence-corrected chi connectivity index (χ0v) is 34.5.